The predicted molar refractivity (Wildman–Crippen MR) is 194 cm³/mol. The smallest absolute Gasteiger partial charge is 0.314 e. The highest BCUT2D eigenvalue weighted by molar-refractivity contribution is 7.93. The van der Waals surface area contributed by atoms with Gasteiger partial charge in [-0.15, -0.1) is 43.1 Å². The van der Waals surface area contributed by atoms with Crippen molar-refractivity contribution in [2.75, 3.05) is 20.1 Å². The number of nitrogens with zero attached hydrogens (tertiary/aromatic N) is 11. The molecule has 1 saturated carbocycles. The van der Waals surface area contributed by atoms with Gasteiger partial charge in [-0.25, -0.2) is 31.1 Å². The van der Waals surface area contributed by atoms with Gasteiger partial charge in [-0.1, -0.05) is 0 Å². The molecular formula is C31H31F4N11O6S4. The molecule has 0 aromatic carbocycles. The van der Waals surface area contributed by atoms with E-state index in [-0.39, 0.29) is 64.9 Å². The Morgan fingerprint density at radius 1 is 0.821 bits per heavy atom. The summed E-state index contributed by atoms with van der Waals surface area (Å²) in [6.45, 7) is 2.85. The lowest BCUT2D eigenvalue weighted by Gasteiger charge is -2.23. The van der Waals surface area contributed by atoms with Crippen molar-refractivity contribution < 1.29 is 43.2 Å². The molecule has 6 heterocycles. The molecule has 56 heavy (non-hydrogen) atoms. The molecule has 25 heteroatoms. The Morgan fingerprint density at radius 2 is 1.41 bits per heavy atom. The van der Waals surface area contributed by atoms with Gasteiger partial charge in [0, 0.05) is 29.9 Å². The molecule has 1 aliphatic rings. The summed E-state index contributed by atoms with van der Waals surface area (Å²) in [6, 6.07) is 5.02. The summed E-state index contributed by atoms with van der Waals surface area (Å²) in [5.41, 5.74) is 1.73. The van der Waals surface area contributed by atoms with Crippen LogP contribution in [0.2, 0.25) is 0 Å². The lowest BCUT2D eigenvalue weighted by atomic mass is 10.2. The maximum absolute atomic E-state index is 14.0. The first-order valence-electron chi connectivity index (χ1n) is 16.8. The molecule has 0 saturated heterocycles. The van der Waals surface area contributed by atoms with Gasteiger partial charge in [0.1, 0.15) is 19.8 Å². The number of aryl methyl sites for hydroxylation is 2. The minimum atomic E-state index is -4.04. The molecule has 6 aromatic rings. The molecule has 1 aliphatic carbocycles. The molecule has 0 spiro atoms. The normalized spacial score (nSPS) is 13.6. The van der Waals surface area contributed by atoms with Crippen molar-refractivity contribution in [2.45, 2.75) is 71.5 Å². The van der Waals surface area contributed by atoms with E-state index in [4.69, 9.17) is 8.83 Å². The molecule has 0 atom stereocenters. The zero-order valence-corrected chi connectivity index (χ0v) is 32.6. The fraction of sp³-hybridized carbons (Fsp3) is 0.419. The first-order valence-corrected chi connectivity index (χ1v) is 21.7. The fourth-order valence-corrected chi connectivity index (χ4v) is 9.68. The van der Waals surface area contributed by atoms with Crippen LogP contribution in [0.4, 0.5) is 29.1 Å². The van der Waals surface area contributed by atoms with Gasteiger partial charge in [0.25, 0.3) is 23.6 Å². The minimum absolute atomic E-state index is 0.0756. The van der Waals surface area contributed by atoms with E-state index in [1.54, 1.807) is 25.1 Å². The SMILES string of the molecule is CCS(=O)(=O)N(Cc1ncc(-c2nnc(C(F)F)o2)s1)c1cc(C)n(CCCS(=O)(=O)N(Cc2ncc(-c3nnc(C(F)F)o3)s2)c2ccc(C3CC3)nc2)n1. The largest absolute Gasteiger partial charge is 0.414 e. The van der Waals surface area contributed by atoms with Crippen molar-refractivity contribution in [3.05, 3.63) is 70.0 Å². The van der Waals surface area contributed by atoms with Crippen molar-refractivity contribution >= 4 is 54.2 Å². The quantitative estimate of drug-likeness (QED) is 0.0891. The number of hydrogen-bond donors (Lipinski definition) is 0. The van der Waals surface area contributed by atoms with E-state index in [1.165, 1.54) is 34.5 Å². The first kappa shape index (κ1) is 39.4. The fourth-order valence-electron chi connectivity index (χ4n) is 5.40. The highest BCUT2D eigenvalue weighted by Gasteiger charge is 2.30. The van der Waals surface area contributed by atoms with Gasteiger partial charge < -0.3 is 8.83 Å². The van der Waals surface area contributed by atoms with E-state index in [0.29, 0.717) is 27.3 Å². The summed E-state index contributed by atoms with van der Waals surface area (Å²) in [5.74, 6) is -2.23. The Labute approximate surface area is 324 Å². The maximum Gasteiger partial charge on any atom is 0.314 e. The molecule has 0 radical (unpaired) electrons. The van der Waals surface area contributed by atoms with Crippen LogP contribution in [0.5, 0.6) is 0 Å². The highest BCUT2D eigenvalue weighted by Crippen LogP contribution is 2.39. The summed E-state index contributed by atoms with van der Waals surface area (Å²) in [4.78, 5) is 13.6. The van der Waals surface area contributed by atoms with Crippen molar-refractivity contribution in [3.63, 3.8) is 0 Å². The van der Waals surface area contributed by atoms with Crippen molar-refractivity contribution in [3.8, 4) is 21.5 Å². The molecule has 298 valence electrons. The van der Waals surface area contributed by atoms with E-state index in [0.717, 1.165) is 45.5 Å². The second-order valence-corrected chi connectivity index (χ2v) is 18.8. The first-order chi connectivity index (χ1) is 26.7. The Kier molecular flexibility index (Phi) is 11.2. The molecule has 17 nitrogen and oxygen atoms in total. The summed E-state index contributed by atoms with van der Waals surface area (Å²) in [5, 5.41) is 19.0. The Morgan fingerprint density at radius 3 is 1.91 bits per heavy atom. The number of hydrogen-bond acceptors (Lipinski definition) is 16. The van der Waals surface area contributed by atoms with Crippen LogP contribution in [0.15, 0.2) is 45.6 Å². The van der Waals surface area contributed by atoms with Crippen LogP contribution >= 0.6 is 22.7 Å². The topological polar surface area (TPSA) is 209 Å². The Hall–Kier alpha value is -4.88. The number of anilines is 2. The van der Waals surface area contributed by atoms with Crippen LogP contribution in [0.1, 0.15) is 78.1 Å². The number of halogens is 4. The standard InChI is InChI=1S/C31H31F4N11O6S4/c1-3-55(47,48)46(16-25-38-14-22(54-25)29-40-42-31(52-29)27(34)35)23-11-17(2)44(43-23)9-4-10-56(49,50)45(19-7-8-20(36-12-19)18-5-6-18)15-24-37-13-21(53-24)28-39-41-30(51-28)26(32)33/h7-8,11-14,18,26-27H,3-6,9-10,15-16H2,1-2H3. The second-order valence-electron chi connectivity index (χ2n) is 12.4. The molecule has 0 unspecified atom stereocenters. The summed E-state index contributed by atoms with van der Waals surface area (Å²) < 4.78 is 120. The van der Waals surface area contributed by atoms with Crippen molar-refractivity contribution in [2.24, 2.45) is 0 Å². The number of sulfonamides is 2. The predicted octanol–water partition coefficient (Wildman–Crippen LogP) is 6.14. The maximum atomic E-state index is 14.0. The summed E-state index contributed by atoms with van der Waals surface area (Å²) in [6.07, 6.45) is 0.344. The lowest BCUT2D eigenvalue weighted by molar-refractivity contribution is 0.115. The van der Waals surface area contributed by atoms with E-state index < -0.39 is 44.7 Å². The number of thiazole rings is 2. The molecule has 7 rings (SSSR count). The third-order valence-corrected chi connectivity index (χ3v) is 13.9. The van der Waals surface area contributed by atoms with E-state index in [2.05, 4.69) is 40.4 Å². The van der Waals surface area contributed by atoms with Crippen LogP contribution in [0.3, 0.4) is 0 Å². The zero-order chi connectivity index (χ0) is 39.8. The molecule has 0 N–H and O–H groups in total. The Balaban J connectivity index is 1.07. The number of aromatic nitrogens is 9. The molecule has 0 aliphatic heterocycles. The van der Waals surface area contributed by atoms with Gasteiger partial charge >= 0.3 is 12.9 Å². The van der Waals surface area contributed by atoms with Crippen LogP contribution in [-0.4, -0.2) is 73.5 Å². The minimum Gasteiger partial charge on any atom is -0.414 e. The van der Waals surface area contributed by atoms with Crippen LogP contribution in [-0.2, 0) is 39.7 Å². The second kappa shape index (κ2) is 15.9. The van der Waals surface area contributed by atoms with Crippen LogP contribution < -0.4 is 8.61 Å². The molecule has 0 amide bonds. The summed E-state index contributed by atoms with van der Waals surface area (Å²) >= 11 is 2.00. The zero-order valence-electron chi connectivity index (χ0n) is 29.4. The van der Waals surface area contributed by atoms with Gasteiger partial charge in [0.05, 0.1) is 48.9 Å². The lowest BCUT2D eigenvalue weighted by Crippen LogP contribution is -2.33. The van der Waals surface area contributed by atoms with Gasteiger partial charge in [-0.3, -0.25) is 14.0 Å². The number of alkyl halides is 4. The third-order valence-electron chi connectivity index (χ3n) is 8.43. The summed E-state index contributed by atoms with van der Waals surface area (Å²) in [7, 11) is -7.94. The Bertz CT molecular complexity index is 2520. The molecule has 6 aromatic heterocycles. The van der Waals surface area contributed by atoms with Crippen LogP contribution in [0, 0.1) is 6.92 Å². The average molecular weight is 858 g/mol. The highest BCUT2D eigenvalue weighted by atomic mass is 32.2. The van der Waals surface area contributed by atoms with E-state index >= 15 is 0 Å². The monoisotopic (exact) mass is 857 g/mol. The van der Waals surface area contributed by atoms with E-state index in [1.807, 2.05) is 0 Å². The van der Waals surface area contributed by atoms with Gasteiger partial charge in [0.2, 0.25) is 20.0 Å². The number of rotatable bonds is 18. The molecular weight excluding hydrogens is 827 g/mol. The van der Waals surface area contributed by atoms with Gasteiger partial charge in [0.15, 0.2) is 5.82 Å². The van der Waals surface area contributed by atoms with E-state index in [9.17, 15) is 34.4 Å². The molecule has 0 bridgehead atoms. The van der Waals surface area contributed by atoms with Crippen molar-refractivity contribution in [1.82, 2.24) is 45.1 Å². The van der Waals surface area contributed by atoms with Crippen molar-refractivity contribution in [1.29, 1.82) is 0 Å². The average Bonchev–Trinajstić information content (AvgIpc) is 3.73. The molecule has 1 fully saturated rings. The number of pyridine rings is 1. The van der Waals surface area contributed by atoms with Gasteiger partial charge in [-0.2, -0.15) is 22.7 Å². The van der Waals surface area contributed by atoms with Crippen LogP contribution in [0.25, 0.3) is 21.5 Å². The third kappa shape index (κ3) is 8.73. The van der Waals surface area contributed by atoms with Gasteiger partial charge in [-0.05, 0) is 45.2 Å².